The highest BCUT2D eigenvalue weighted by molar-refractivity contribution is 6.33. The van der Waals surface area contributed by atoms with Gasteiger partial charge in [0.25, 0.3) is 0 Å². The molecule has 0 saturated heterocycles. The van der Waals surface area contributed by atoms with E-state index >= 15 is 0 Å². The minimum Gasteiger partial charge on any atom is -0.438 e. The molecule has 0 aliphatic carbocycles. The number of hydrogen-bond donors (Lipinski definition) is 1. The van der Waals surface area contributed by atoms with Gasteiger partial charge in [0.15, 0.2) is 5.65 Å². The molecule has 8 nitrogen and oxygen atoms in total. The number of para-hydroxylation sites is 1. The second kappa shape index (κ2) is 6.75. The van der Waals surface area contributed by atoms with Crippen LogP contribution in [0.15, 0.2) is 55.0 Å². The lowest BCUT2D eigenvalue weighted by atomic mass is 10.3. The Morgan fingerprint density at radius 3 is 2.79 bits per heavy atom. The number of rotatable bonds is 4. The first-order valence-electron chi connectivity index (χ1n) is 8.89. The Balaban J connectivity index is 1.50. The maximum Gasteiger partial charge on any atom is 0.233 e. The van der Waals surface area contributed by atoms with E-state index in [1.807, 2.05) is 61.1 Å². The fourth-order valence-electron chi connectivity index (χ4n) is 3.17. The van der Waals surface area contributed by atoms with Gasteiger partial charge in [-0.2, -0.15) is 5.10 Å². The van der Waals surface area contributed by atoms with Crippen LogP contribution in [-0.2, 0) is 14.1 Å². The van der Waals surface area contributed by atoms with Gasteiger partial charge < -0.3 is 14.6 Å². The highest BCUT2D eigenvalue weighted by Gasteiger charge is 2.13. The Hall–Kier alpha value is -3.65. The summed E-state index contributed by atoms with van der Waals surface area (Å²) in [6, 6.07) is 13.3. The van der Waals surface area contributed by atoms with E-state index in [2.05, 4.69) is 25.4 Å². The van der Waals surface area contributed by atoms with E-state index in [1.165, 1.54) is 6.33 Å². The van der Waals surface area contributed by atoms with Crippen LogP contribution in [0, 0.1) is 0 Å². The van der Waals surface area contributed by atoms with Crippen LogP contribution in [0.5, 0.6) is 11.6 Å². The molecule has 5 rings (SSSR count). The summed E-state index contributed by atoms with van der Waals surface area (Å²) in [4.78, 5) is 13.2. The molecule has 0 aliphatic rings. The Morgan fingerprint density at radius 1 is 1.07 bits per heavy atom. The van der Waals surface area contributed by atoms with Crippen LogP contribution in [0.2, 0.25) is 5.02 Å². The quantitative estimate of drug-likeness (QED) is 0.476. The maximum absolute atomic E-state index is 6.25. The summed E-state index contributed by atoms with van der Waals surface area (Å²) in [7, 11) is 3.77. The fraction of sp³-hybridized carbons (Fsp3) is 0.100. The number of hydrogen-bond acceptors (Lipinski definition) is 6. The van der Waals surface area contributed by atoms with E-state index in [-0.39, 0.29) is 0 Å². The third kappa shape index (κ3) is 3.03. The number of halogens is 1. The van der Waals surface area contributed by atoms with Crippen molar-refractivity contribution < 1.29 is 4.74 Å². The van der Waals surface area contributed by atoms with Gasteiger partial charge in [0.1, 0.15) is 17.5 Å². The van der Waals surface area contributed by atoms with Gasteiger partial charge in [-0.1, -0.05) is 23.7 Å². The second-order valence-electron chi connectivity index (χ2n) is 6.54. The first-order chi connectivity index (χ1) is 14.1. The Bertz CT molecular complexity index is 1360. The fourth-order valence-corrected chi connectivity index (χ4v) is 3.35. The Kier molecular flexibility index (Phi) is 4.06. The predicted molar refractivity (Wildman–Crippen MR) is 112 cm³/mol. The van der Waals surface area contributed by atoms with Crippen LogP contribution < -0.4 is 10.1 Å². The highest BCUT2D eigenvalue weighted by atomic mass is 35.5. The number of aromatic nitrogens is 6. The Labute approximate surface area is 170 Å². The minimum atomic E-state index is 0.452. The smallest absolute Gasteiger partial charge is 0.233 e. The number of aryl methyl sites for hydroxylation is 2. The van der Waals surface area contributed by atoms with Gasteiger partial charge in [0.2, 0.25) is 11.8 Å². The van der Waals surface area contributed by atoms with Crippen molar-refractivity contribution in [1.82, 2.24) is 29.3 Å². The summed E-state index contributed by atoms with van der Waals surface area (Å²) in [5, 5.41) is 8.86. The third-order valence-electron chi connectivity index (χ3n) is 4.68. The van der Waals surface area contributed by atoms with Gasteiger partial charge in [-0.25, -0.2) is 15.0 Å². The van der Waals surface area contributed by atoms with E-state index in [1.54, 1.807) is 10.9 Å². The summed E-state index contributed by atoms with van der Waals surface area (Å²) in [6.07, 6.45) is 3.15. The lowest BCUT2D eigenvalue weighted by Gasteiger charge is -2.07. The molecule has 0 bridgehead atoms. The van der Waals surface area contributed by atoms with Crippen LogP contribution in [0.25, 0.3) is 22.1 Å². The molecule has 0 fully saturated rings. The van der Waals surface area contributed by atoms with Gasteiger partial charge in [0.05, 0.1) is 27.9 Å². The van der Waals surface area contributed by atoms with Crippen LogP contribution >= 0.6 is 11.6 Å². The molecule has 0 amide bonds. The van der Waals surface area contributed by atoms with Gasteiger partial charge in [-0.3, -0.25) is 4.68 Å². The molecule has 0 spiro atoms. The van der Waals surface area contributed by atoms with Gasteiger partial charge in [0, 0.05) is 20.2 Å². The van der Waals surface area contributed by atoms with Crippen LogP contribution in [0.1, 0.15) is 0 Å². The molecule has 5 aromatic rings. The molecule has 29 heavy (non-hydrogen) atoms. The zero-order chi connectivity index (χ0) is 20.0. The maximum atomic E-state index is 6.25. The SMILES string of the molecule is Cn1ncc2c(Oc3ccc4c(c3)nc(Nc3ccccc3Cl)n4C)ncnc21. The summed E-state index contributed by atoms with van der Waals surface area (Å²) < 4.78 is 9.65. The molecule has 0 radical (unpaired) electrons. The number of fused-ring (bicyclic) bond motifs is 2. The first-order valence-corrected chi connectivity index (χ1v) is 9.26. The van der Waals surface area contributed by atoms with Gasteiger partial charge in [-0.05, 0) is 24.3 Å². The van der Waals surface area contributed by atoms with Crippen molar-refractivity contribution in [3.05, 3.63) is 60.0 Å². The van der Waals surface area contributed by atoms with Crippen molar-refractivity contribution in [3.8, 4) is 11.6 Å². The molecule has 9 heteroatoms. The van der Waals surface area contributed by atoms with Crippen molar-refractivity contribution in [2.24, 2.45) is 14.1 Å². The molecular formula is C20H16ClN7O. The van der Waals surface area contributed by atoms with Crippen LogP contribution in [-0.4, -0.2) is 29.3 Å². The van der Waals surface area contributed by atoms with Crippen LogP contribution in [0.4, 0.5) is 11.6 Å². The molecule has 0 saturated carbocycles. The number of imidazole rings is 1. The average molecular weight is 406 g/mol. The lowest BCUT2D eigenvalue weighted by molar-refractivity contribution is 0.468. The van der Waals surface area contributed by atoms with Crippen molar-refractivity contribution in [3.63, 3.8) is 0 Å². The van der Waals surface area contributed by atoms with Crippen molar-refractivity contribution >= 4 is 45.3 Å². The average Bonchev–Trinajstić information content (AvgIpc) is 3.25. The monoisotopic (exact) mass is 405 g/mol. The molecule has 0 atom stereocenters. The lowest BCUT2D eigenvalue weighted by Crippen LogP contribution is -1.99. The number of benzene rings is 2. The summed E-state index contributed by atoms with van der Waals surface area (Å²) >= 11 is 6.25. The topological polar surface area (TPSA) is 82.7 Å². The van der Waals surface area contributed by atoms with E-state index < -0.39 is 0 Å². The second-order valence-corrected chi connectivity index (χ2v) is 6.94. The normalized spacial score (nSPS) is 11.3. The molecule has 2 aromatic carbocycles. The predicted octanol–water partition coefficient (Wildman–Crippen LogP) is 4.44. The first kappa shape index (κ1) is 17.4. The van der Waals surface area contributed by atoms with Gasteiger partial charge in [-0.15, -0.1) is 0 Å². The van der Waals surface area contributed by atoms with Crippen LogP contribution in [0.3, 0.4) is 0 Å². The largest absolute Gasteiger partial charge is 0.438 e. The van der Waals surface area contributed by atoms with Crippen molar-refractivity contribution in [1.29, 1.82) is 0 Å². The molecule has 0 unspecified atom stereocenters. The molecule has 3 aromatic heterocycles. The number of nitrogens with zero attached hydrogens (tertiary/aromatic N) is 6. The van der Waals surface area contributed by atoms with Crippen molar-refractivity contribution in [2.75, 3.05) is 5.32 Å². The molecule has 144 valence electrons. The zero-order valence-electron chi connectivity index (χ0n) is 15.7. The number of ether oxygens (including phenoxy) is 1. The standard InChI is InChI=1S/C20H16ClN7O/c1-27-17-8-7-12(29-19-13-10-24-28(2)18(13)22-11-23-19)9-16(17)26-20(27)25-15-6-4-3-5-14(15)21/h3-11H,1-2H3,(H,25,26). The third-order valence-corrected chi connectivity index (χ3v) is 5.01. The van der Waals surface area contributed by atoms with E-state index in [9.17, 15) is 0 Å². The summed E-state index contributed by atoms with van der Waals surface area (Å²) in [5.41, 5.74) is 3.25. The number of nitrogens with one attached hydrogen (secondary N) is 1. The Morgan fingerprint density at radius 2 is 1.93 bits per heavy atom. The molecule has 0 aliphatic heterocycles. The van der Waals surface area contributed by atoms with Gasteiger partial charge >= 0.3 is 0 Å². The van der Waals surface area contributed by atoms with E-state index in [4.69, 9.17) is 16.3 Å². The summed E-state index contributed by atoms with van der Waals surface area (Å²) in [6.45, 7) is 0. The van der Waals surface area contributed by atoms with Crippen molar-refractivity contribution in [2.45, 2.75) is 0 Å². The summed E-state index contributed by atoms with van der Waals surface area (Å²) in [5.74, 6) is 1.76. The molecule has 1 N–H and O–H groups in total. The zero-order valence-corrected chi connectivity index (χ0v) is 16.4. The highest BCUT2D eigenvalue weighted by Crippen LogP contribution is 2.31. The molecular weight excluding hydrogens is 390 g/mol. The minimum absolute atomic E-state index is 0.452. The van der Waals surface area contributed by atoms with E-state index in [0.29, 0.717) is 28.2 Å². The number of anilines is 2. The van der Waals surface area contributed by atoms with E-state index in [0.717, 1.165) is 22.1 Å². The molecule has 3 heterocycles.